The van der Waals surface area contributed by atoms with Gasteiger partial charge in [-0.25, -0.2) is 8.42 Å². The summed E-state index contributed by atoms with van der Waals surface area (Å²) >= 11 is 0. The van der Waals surface area contributed by atoms with Crippen LogP contribution in [0.1, 0.15) is 6.92 Å². The van der Waals surface area contributed by atoms with E-state index in [9.17, 15) is 18.0 Å². The van der Waals surface area contributed by atoms with E-state index in [0.717, 1.165) is 9.21 Å². The van der Waals surface area contributed by atoms with E-state index in [0.29, 0.717) is 0 Å². The van der Waals surface area contributed by atoms with Crippen LogP contribution in [0.5, 0.6) is 0 Å². The van der Waals surface area contributed by atoms with Crippen molar-refractivity contribution in [1.82, 2.24) is 9.21 Å². The molecule has 0 heterocycles. The number of likely N-dealkylation sites (N-methyl/N-ethyl adjacent to an activating group) is 1. The number of carboxylic acid groups (broad SMARTS) is 1. The molecule has 0 saturated carbocycles. The van der Waals surface area contributed by atoms with E-state index in [1.54, 1.807) is 0 Å². The summed E-state index contributed by atoms with van der Waals surface area (Å²) in [5.41, 5.74) is 0. The molecule has 0 aromatic heterocycles. The summed E-state index contributed by atoms with van der Waals surface area (Å²) in [7, 11) is -0.757. The normalized spacial score (nSPS) is 11.6. The molecule has 0 spiro atoms. The number of rotatable bonds is 9. The topological polar surface area (TPSA) is 104 Å². The van der Waals surface area contributed by atoms with E-state index < -0.39 is 28.4 Å². The molecule has 0 radical (unpaired) electrons. The number of carbonyl (C=O) groups is 2. The fourth-order valence-corrected chi connectivity index (χ4v) is 2.01. The predicted octanol–water partition coefficient (Wildman–Crippen LogP) is -1.17. The SMILES string of the molecule is CCS(=O)(=O)N(C)CC(=O)N(CCOC)CC(=O)O. The third kappa shape index (κ3) is 6.50. The highest BCUT2D eigenvalue weighted by Gasteiger charge is 2.23. The molecular formula is C10H20N2O6S. The Balaban J connectivity index is 4.67. The van der Waals surface area contributed by atoms with Gasteiger partial charge in [-0.2, -0.15) is 4.31 Å². The largest absolute Gasteiger partial charge is 0.480 e. The Morgan fingerprint density at radius 2 is 1.84 bits per heavy atom. The highest BCUT2D eigenvalue weighted by molar-refractivity contribution is 7.89. The third-order valence-electron chi connectivity index (χ3n) is 2.44. The fourth-order valence-electron chi connectivity index (χ4n) is 1.27. The molecule has 0 aromatic rings. The highest BCUT2D eigenvalue weighted by Crippen LogP contribution is 2.00. The van der Waals surface area contributed by atoms with E-state index >= 15 is 0 Å². The van der Waals surface area contributed by atoms with Gasteiger partial charge in [0.05, 0.1) is 18.9 Å². The number of carbonyl (C=O) groups excluding carboxylic acids is 1. The summed E-state index contributed by atoms with van der Waals surface area (Å²) < 4.78 is 28.7. The van der Waals surface area contributed by atoms with Gasteiger partial charge in [0.25, 0.3) is 0 Å². The van der Waals surface area contributed by atoms with Crippen LogP contribution in [0.3, 0.4) is 0 Å². The third-order valence-corrected chi connectivity index (χ3v) is 4.25. The molecule has 1 amide bonds. The molecule has 0 fully saturated rings. The molecule has 9 heteroatoms. The van der Waals surface area contributed by atoms with Crippen molar-refractivity contribution in [2.75, 3.05) is 46.2 Å². The Kier molecular flexibility index (Phi) is 7.57. The molecule has 0 saturated heterocycles. The molecule has 0 unspecified atom stereocenters. The maximum atomic E-state index is 11.9. The summed E-state index contributed by atoms with van der Waals surface area (Å²) in [4.78, 5) is 23.6. The molecule has 0 aliphatic heterocycles. The first kappa shape index (κ1) is 17.8. The molecule has 0 aliphatic rings. The van der Waals surface area contributed by atoms with Crippen LogP contribution in [0.2, 0.25) is 0 Å². The van der Waals surface area contributed by atoms with Gasteiger partial charge in [0, 0.05) is 20.7 Å². The summed E-state index contributed by atoms with van der Waals surface area (Å²) in [5.74, 6) is -1.85. The first-order valence-corrected chi connectivity index (χ1v) is 7.28. The van der Waals surface area contributed by atoms with Crippen molar-refractivity contribution in [3.05, 3.63) is 0 Å². The quantitative estimate of drug-likeness (QED) is 0.575. The van der Waals surface area contributed by atoms with Crippen LogP contribution in [0.4, 0.5) is 0 Å². The monoisotopic (exact) mass is 296 g/mol. The maximum absolute atomic E-state index is 11.9. The number of hydrogen-bond acceptors (Lipinski definition) is 5. The summed E-state index contributed by atoms with van der Waals surface area (Å²) in [6, 6.07) is 0. The van der Waals surface area contributed by atoms with Gasteiger partial charge < -0.3 is 14.7 Å². The lowest BCUT2D eigenvalue weighted by atomic mass is 10.4. The van der Waals surface area contributed by atoms with Gasteiger partial charge in [0.2, 0.25) is 15.9 Å². The van der Waals surface area contributed by atoms with Crippen molar-refractivity contribution < 1.29 is 27.9 Å². The molecule has 0 bridgehead atoms. The second kappa shape index (κ2) is 8.08. The zero-order valence-corrected chi connectivity index (χ0v) is 12.1. The number of methoxy groups -OCH3 is 1. The molecule has 112 valence electrons. The van der Waals surface area contributed by atoms with E-state index in [1.807, 2.05) is 0 Å². The smallest absolute Gasteiger partial charge is 0.323 e. The van der Waals surface area contributed by atoms with E-state index in [-0.39, 0.29) is 25.4 Å². The van der Waals surface area contributed by atoms with Gasteiger partial charge in [-0.15, -0.1) is 0 Å². The lowest BCUT2D eigenvalue weighted by Gasteiger charge is -2.23. The number of ether oxygens (including phenoxy) is 1. The molecule has 19 heavy (non-hydrogen) atoms. The number of sulfonamides is 1. The molecule has 0 aliphatic carbocycles. The molecule has 0 atom stereocenters. The van der Waals surface area contributed by atoms with E-state index in [2.05, 4.69) is 0 Å². The number of hydrogen-bond donors (Lipinski definition) is 1. The minimum Gasteiger partial charge on any atom is -0.480 e. The number of amides is 1. The van der Waals surface area contributed by atoms with Gasteiger partial charge in [-0.05, 0) is 6.92 Å². The predicted molar refractivity (Wildman–Crippen MR) is 68.2 cm³/mol. The van der Waals surface area contributed by atoms with Crippen LogP contribution < -0.4 is 0 Å². The van der Waals surface area contributed by atoms with E-state index in [4.69, 9.17) is 9.84 Å². The molecule has 0 aromatic carbocycles. The zero-order chi connectivity index (χ0) is 15.1. The van der Waals surface area contributed by atoms with Crippen molar-refractivity contribution in [2.24, 2.45) is 0 Å². The van der Waals surface area contributed by atoms with Crippen molar-refractivity contribution >= 4 is 21.9 Å². The standard InChI is InChI=1S/C10H20N2O6S/c1-4-19(16,17)11(2)7-9(13)12(5-6-18-3)8-10(14)15/h4-8H2,1-3H3,(H,14,15). The second-order valence-corrected chi connectivity index (χ2v) is 6.22. The van der Waals surface area contributed by atoms with Crippen LogP contribution in [0.25, 0.3) is 0 Å². The second-order valence-electron chi connectivity index (χ2n) is 3.86. The average molecular weight is 296 g/mol. The van der Waals surface area contributed by atoms with Crippen LogP contribution in [0.15, 0.2) is 0 Å². The Hall–Kier alpha value is -1.19. The van der Waals surface area contributed by atoms with Gasteiger partial charge >= 0.3 is 5.97 Å². The highest BCUT2D eigenvalue weighted by atomic mass is 32.2. The average Bonchev–Trinajstić information content (AvgIpc) is 2.33. The summed E-state index contributed by atoms with van der Waals surface area (Å²) in [6.45, 7) is 0.885. The van der Waals surface area contributed by atoms with Crippen molar-refractivity contribution in [3.63, 3.8) is 0 Å². The molecule has 8 nitrogen and oxygen atoms in total. The van der Waals surface area contributed by atoms with E-state index in [1.165, 1.54) is 21.1 Å². The minimum atomic E-state index is -3.47. The Morgan fingerprint density at radius 1 is 1.26 bits per heavy atom. The lowest BCUT2D eigenvalue weighted by Crippen LogP contribution is -2.44. The number of aliphatic carboxylic acids is 1. The summed E-state index contributed by atoms with van der Waals surface area (Å²) in [5, 5.41) is 8.71. The molecular weight excluding hydrogens is 276 g/mol. The van der Waals surface area contributed by atoms with Gasteiger partial charge in [0.1, 0.15) is 6.54 Å². The first-order valence-electron chi connectivity index (χ1n) is 5.67. The lowest BCUT2D eigenvalue weighted by molar-refractivity contribution is -0.144. The van der Waals surface area contributed by atoms with Crippen molar-refractivity contribution in [3.8, 4) is 0 Å². The Bertz CT molecular complexity index is 408. The van der Waals surface area contributed by atoms with Gasteiger partial charge in [-0.3, -0.25) is 9.59 Å². The van der Waals surface area contributed by atoms with Gasteiger partial charge in [-0.1, -0.05) is 0 Å². The number of nitrogens with zero attached hydrogens (tertiary/aromatic N) is 2. The van der Waals surface area contributed by atoms with Crippen LogP contribution >= 0.6 is 0 Å². The maximum Gasteiger partial charge on any atom is 0.323 e. The number of carboxylic acids is 1. The van der Waals surface area contributed by atoms with Crippen LogP contribution in [-0.4, -0.2) is 80.8 Å². The van der Waals surface area contributed by atoms with Crippen LogP contribution in [-0.2, 0) is 24.3 Å². The summed E-state index contributed by atoms with van der Waals surface area (Å²) in [6.07, 6.45) is 0. The molecule has 1 N–H and O–H groups in total. The van der Waals surface area contributed by atoms with Crippen molar-refractivity contribution in [1.29, 1.82) is 0 Å². The Morgan fingerprint density at radius 3 is 2.26 bits per heavy atom. The molecule has 0 rings (SSSR count). The van der Waals surface area contributed by atoms with Crippen molar-refractivity contribution in [2.45, 2.75) is 6.92 Å². The van der Waals surface area contributed by atoms with Crippen LogP contribution in [0, 0.1) is 0 Å². The Labute approximate surface area is 113 Å². The minimum absolute atomic E-state index is 0.0989. The zero-order valence-electron chi connectivity index (χ0n) is 11.3. The fraction of sp³-hybridized carbons (Fsp3) is 0.800. The first-order chi connectivity index (χ1) is 8.74. The van der Waals surface area contributed by atoms with Gasteiger partial charge in [0.15, 0.2) is 0 Å².